The molecule has 0 bridgehead atoms. The summed E-state index contributed by atoms with van der Waals surface area (Å²) in [5.74, 6) is -1.13. The molecule has 6 nitrogen and oxygen atoms in total. The van der Waals surface area contributed by atoms with E-state index in [0.29, 0.717) is 5.56 Å². The van der Waals surface area contributed by atoms with E-state index in [-0.39, 0.29) is 10.7 Å². The molecule has 110 valence electrons. The Balaban J connectivity index is 2.38. The van der Waals surface area contributed by atoms with Crippen LogP contribution in [0.4, 0.5) is 10.1 Å². The number of carbonyl (C=O) groups is 1. The summed E-state index contributed by atoms with van der Waals surface area (Å²) in [5, 5.41) is 6.44. The van der Waals surface area contributed by atoms with Crippen LogP contribution in [0.1, 0.15) is 11.6 Å². The van der Waals surface area contributed by atoms with Crippen molar-refractivity contribution in [3.8, 4) is 0 Å². The van der Waals surface area contributed by atoms with E-state index in [0.717, 1.165) is 4.68 Å². The number of aromatic nitrogens is 2. The molecule has 0 aliphatic rings. The normalized spacial score (nSPS) is 12.0. The zero-order chi connectivity index (χ0) is 15.6. The molecule has 21 heavy (non-hydrogen) atoms. The van der Waals surface area contributed by atoms with Crippen LogP contribution in [0.3, 0.4) is 0 Å². The average Bonchev–Trinajstić information content (AvgIpc) is 2.45. The highest BCUT2D eigenvalue weighted by atomic mass is 35.5. The Kier molecular flexibility index (Phi) is 4.23. The fourth-order valence-corrected chi connectivity index (χ4v) is 1.97. The molecule has 1 aromatic carbocycles. The molecule has 0 spiro atoms. The molecule has 8 heteroatoms. The van der Waals surface area contributed by atoms with Crippen molar-refractivity contribution in [3.63, 3.8) is 0 Å². The van der Waals surface area contributed by atoms with Gasteiger partial charge >= 0.3 is 0 Å². The predicted molar refractivity (Wildman–Crippen MR) is 76.4 cm³/mol. The number of hydrogen-bond acceptors (Lipinski definition) is 4. The van der Waals surface area contributed by atoms with Gasteiger partial charge in [-0.3, -0.25) is 9.59 Å². The van der Waals surface area contributed by atoms with Crippen LogP contribution in [0, 0.1) is 5.82 Å². The summed E-state index contributed by atoms with van der Waals surface area (Å²) < 4.78 is 14.0. The molecular formula is C13H12ClFN4O2. The van der Waals surface area contributed by atoms with Gasteiger partial charge in [0.25, 0.3) is 5.56 Å². The summed E-state index contributed by atoms with van der Waals surface area (Å²) in [7, 11) is 1.45. The first-order valence-electron chi connectivity index (χ1n) is 5.93. The Morgan fingerprint density at radius 3 is 2.62 bits per heavy atom. The molecule has 2 rings (SSSR count). The maximum atomic E-state index is 12.9. The molecule has 0 aliphatic heterocycles. The van der Waals surface area contributed by atoms with Crippen LogP contribution < -0.4 is 16.6 Å². The summed E-state index contributed by atoms with van der Waals surface area (Å²) in [6.07, 6.45) is 1.31. The van der Waals surface area contributed by atoms with Gasteiger partial charge in [0.2, 0.25) is 5.91 Å². The van der Waals surface area contributed by atoms with Gasteiger partial charge in [-0.15, -0.1) is 0 Å². The van der Waals surface area contributed by atoms with Gasteiger partial charge in [-0.05, 0) is 17.7 Å². The molecule has 1 atom stereocenters. The van der Waals surface area contributed by atoms with Crippen LogP contribution in [0.5, 0.6) is 0 Å². The summed E-state index contributed by atoms with van der Waals surface area (Å²) in [6.45, 7) is 0. The summed E-state index contributed by atoms with van der Waals surface area (Å²) in [5.41, 5.74) is 5.44. The van der Waals surface area contributed by atoms with Crippen LogP contribution in [0.25, 0.3) is 0 Å². The Bertz CT molecular complexity index is 730. The number of nitrogens with zero attached hydrogens (tertiary/aromatic N) is 2. The highest BCUT2D eigenvalue weighted by Gasteiger charge is 2.20. The van der Waals surface area contributed by atoms with E-state index in [2.05, 4.69) is 10.4 Å². The van der Waals surface area contributed by atoms with Crippen LogP contribution in [-0.4, -0.2) is 15.7 Å². The molecule has 0 aliphatic carbocycles. The topological polar surface area (TPSA) is 90.0 Å². The SMILES string of the molecule is Cn1ncc(NC(C(N)=O)c2ccc(F)cc2)c(Cl)c1=O. The summed E-state index contributed by atoms with van der Waals surface area (Å²) in [4.78, 5) is 23.3. The lowest BCUT2D eigenvalue weighted by Gasteiger charge is -2.17. The van der Waals surface area contributed by atoms with Crippen molar-refractivity contribution in [2.75, 3.05) is 5.32 Å². The molecule has 1 heterocycles. The van der Waals surface area contributed by atoms with E-state index in [1.165, 1.54) is 37.5 Å². The largest absolute Gasteiger partial charge is 0.368 e. The van der Waals surface area contributed by atoms with Crippen molar-refractivity contribution >= 4 is 23.2 Å². The highest BCUT2D eigenvalue weighted by molar-refractivity contribution is 6.33. The molecule has 0 radical (unpaired) electrons. The maximum Gasteiger partial charge on any atom is 0.287 e. The molecule has 2 aromatic rings. The molecule has 1 aromatic heterocycles. The van der Waals surface area contributed by atoms with E-state index in [4.69, 9.17) is 17.3 Å². The Morgan fingerprint density at radius 1 is 1.43 bits per heavy atom. The van der Waals surface area contributed by atoms with Crippen molar-refractivity contribution in [1.29, 1.82) is 0 Å². The van der Waals surface area contributed by atoms with Crippen molar-refractivity contribution < 1.29 is 9.18 Å². The van der Waals surface area contributed by atoms with E-state index in [1.54, 1.807) is 0 Å². The standard InChI is InChI=1S/C13H12ClFN4O2/c1-19-13(21)10(14)9(6-17-19)18-11(12(16)20)7-2-4-8(15)5-3-7/h2-6,11,18H,1H3,(H2,16,20). The van der Waals surface area contributed by atoms with Crippen LogP contribution in [0.15, 0.2) is 35.3 Å². The van der Waals surface area contributed by atoms with Crippen molar-refractivity contribution in [1.82, 2.24) is 9.78 Å². The third kappa shape index (κ3) is 3.19. The van der Waals surface area contributed by atoms with E-state index < -0.39 is 23.3 Å². The number of halogens is 2. The van der Waals surface area contributed by atoms with Crippen LogP contribution in [-0.2, 0) is 11.8 Å². The second-order valence-corrected chi connectivity index (χ2v) is 4.71. The minimum absolute atomic E-state index is 0.110. The Labute approximate surface area is 124 Å². The smallest absolute Gasteiger partial charge is 0.287 e. The molecule has 3 N–H and O–H groups in total. The Hall–Kier alpha value is -2.41. The quantitative estimate of drug-likeness (QED) is 0.888. The second kappa shape index (κ2) is 5.92. The maximum absolute atomic E-state index is 12.9. The van der Waals surface area contributed by atoms with Crippen molar-refractivity contribution in [2.24, 2.45) is 12.8 Å². The van der Waals surface area contributed by atoms with Gasteiger partial charge in [0.1, 0.15) is 16.9 Å². The van der Waals surface area contributed by atoms with Crippen LogP contribution in [0.2, 0.25) is 5.02 Å². The molecule has 0 fully saturated rings. The fourth-order valence-electron chi connectivity index (χ4n) is 1.74. The van der Waals surface area contributed by atoms with Gasteiger partial charge in [0.05, 0.1) is 11.9 Å². The summed E-state index contributed by atoms with van der Waals surface area (Å²) >= 11 is 5.91. The highest BCUT2D eigenvalue weighted by Crippen LogP contribution is 2.23. The number of hydrogen-bond donors (Lipinski definition) is 2. The fraction of sp³-hybridized carbons (Fsp3) is 0.154. The van der Waals surface area contributed by atoms with Gasteiger partial charge < -0.3 is 11.1 Å². The molecular weight excluding hydrogens is 299 g/mol. The summed E-state index contributed by atoms with van der Waals surface area (Å²) in [6, 6.07) is 4.28. The molecule has 1 unspecified atom stereocenters. The first-order valence-corrected chi connectivity index (χ1v) is 6.31. The molecule has 0 saturated heterocycles. The van der Waals surface area contributed by atoms with Gasteiger partial charge in [0, 0.05) is 7.05 Å². The number of aryl methyl sites for hydroxylation is 1. The molecule has 0 saturated carbocycles. The lowest BCUT2D eigenvalue weighted by Crippen LogP contribution is -2.29. The Morgan fingerprint density at radius 2 is 2.05 bits per heavy atom. The minimum Gasteiger partial charge on any atom is -0.368 e. The lowest BCUT2D eigenvalue weighted by atomic mass is 10.1. The number of primary amides is 1. The van der Waals surface area contributed by atoms with Gasteiger partial charge in [-0.2, -0.15) is 5.10 Å². The number of benzene rings is 1. The number of nitrogens with two attached hydrogens (primary N) is 1. The van der Waals surface area contributed by atoms with E-state index in [1.807, 2.05) is 0 Å². The third-order valence-electron chi connectivity index (χ3n) is 2.87. The number of carbonyl (C=O) groups excluding carboxylic acids is 1. The molecule has 1 amide bonds. The van der Waals surface area contributed by atoms with E-state index in [9.17, 15) is 14.0 Å². The minimum atomic E-state index is -0.961. The second-order valence-electron chi connectivity index (χ2n) is 4.33. The van der Waals surface area contributed by atoms with Crippen molar-refractivity contribution in [2.45, 2.75) is 6.04 Å². The van der Waals surface area contributed by atoms with E-state index >= 15 is 0 Å². The number of nitrogens with one attached hydrogen (secondary N) is 1. The van der Waals surface area contributed by atoms with Crippen LogP contribution >= 0.6 is 11.6 Å². The lowest BCUT2D eigenvalue weighted by molar-refractivity contribution is -0.118. The van der Waals surface area contributed by atoms with Gasteiger partial charge in [-0.25, -0.2) is 9.07 Å². The van der Waals surface area contributed by atoms with Gasteiger partial charge in [-0.1, -0.05) is 23.7 Å². The predicted octanol–water partition coefficient (Wildman–Crippen LogP) is 1.21. The average molecular weight is 311 g/mol. The van der Waals surface area contributed by atoms with Gasteiger partial charge in [0.15, 0.2) is 0 Å². The van der Waals surface area contributed by atoms with Crippen molar-refractivity contribution in [3.05, 3.63) is 57.2 Å². The third-order valence-corrected chi connectivity index (χ3v) is 3.23. The number of amides is 1. The zero-order valence-electron chi connectivity index (χ0n) is 11.0. The monoisotopic (exact) mass is 310 g/mol. The zero-order valence-corrected chi connectivity index (χ0v) is 11.8. The number of anilines is 1. The number of rotatable bonds is 4. The first-order chi connectivity index (χ1) is 9.90. The first kappa shape index (κ1) is 15.0.